The molecule has 7 nitrogen and oxygen atoms in total. The molecule has 39 heavy (non-hydrogen) atoms. The molecule has 5 rings (SSSR count). The molecule has 0 bridgehead atoms. The number of hydrogen-bond acceptors (Lipinski definition) is 4. The summed E-state index contributed by atoms with van der Waals surface area (Å²) in [6.07, 6.45) is 4.84. The molecule has 0 radical (unpaired) electrons. The summed E-state index contributed by atoms with van der Waals surface area (Å²) in [6, 6.07) is 16.1. The Bertz CT molecular complexity index is 1460. The Labute approximate surface area is 229 Å². The second-order valence-electron chi connectivity index (χ2n) is 10.4. The highest BCUT2D eigenvalue weighted by atomic mass is 32.2. The van der Waals surface area contributed by atoms with Crippen LogP contribution in [0.5, 0.6) is 0 Å². The highest BCUT2D eigenvalue weighted by Crippen LogP contribution is 2.42. The number of sulfonamides is 1. The summed E-state index contributed by atoms with van der Waals surface area (Å²) < 4.78 is 41.5. The summed E-state index contributed by atoms with van der Waals surface area (Å²) in [5.74, 6) is -0.783. The summed E-state index contributed by atoms with van der Waals surface area (Å²) in [5, 5.41) is 4.68. The topological polar surface area (TPSA) is 86.8 Å². The fourth-order valence-electron chi connectivity index (χ4n) is 5.79. The van der Waals surface area contributed by atoms with Crippen molar-refractivity contribution in [1.29, 1.82) is 0 Å². The monoisotopic (exact) mass is 551 g/mol. The highest BCUT2D eigenvalue weighted by molar-refractivity contribution is 7.93. The van der Waals surface area contributed by atoms with E-state index in [9.17, 15) is 22.4 Å². The van der Waals surface area contributed by atoms with Crippen LogP contribution in [0.15, 0.2) is 65.6 Å². The van der Waals surface area contributed by atoms with Crippen LogP contribution in [0.1, 0.15) is 57.4 Å². The van der Waals surface area contributed by atoms with E-state index in [1.54, 1.807) is 35.2 Å². The largest absolute Gasteiger partial charge is 0.352 e. The van der Waals surface area contributed by atoms with Crippen molar-refractivity contribution in [2.24, 2.45) is 0 Å². The maximum atomic E-state index is 13.6. The predicted molar refractivity (Wildman–Crippen MR) is 149 cm³/mol. The number of anilines is 1. The molecule has 3 aromatic carbocycles. The summed E-state index contributed by atoms with van der Waals surface area (Å²) >= 11 is 0. The third-order valence-corrected chi connectivity index (χ3v) is 9.64. The first kappa shape index (κ1) is 27.1. The summed E-state index contributed by atoms with van der Waals surface area (Å²) in [6.45, 7) is 2.19. The van der Waals surface area contributed by atoms with Crippen molar-refractivity contribution in [1.82, 2.24) is 10.2 Å². The molecule has 9 heteroatoms. The average Bonchev–Trinajstić information content (AvgIpc) is 3.51. The number of amides is 2. The lowest BCUT2D eigenvalue weighted by molar-refractivity contribution is -0.141. The van der Waals surface area contributed by atoms with Crippen LogP contribution in [0.3, 0.4) is 0 Å². The number of halogens is 1. The molecular weight excluding hydrogens is 517 g/mol. The van der Waals surface area contributed by atoms with Gasteiger partial charge in [-0.3, -0.25) is 13.9 Å². The SMILES string of the molecule is CCC(C(=O)NC1CCCC1)N(Cc1ccc(F)cc1)C(=O)CCCN1c2cccc3cccc(c23)S1(=O)=O. The lowest BCUT2D eigenvalue weighted by atomic mass is 10.1. The lowest BCUT2D eigenvalue weighted by Gasteiger charge is -2.32. The van der Waals surface area contributed by atoms with Crippen LogP contribution in [-0.4, -0.2) is 43.8 Å². The van der Waals surface area contributed by atoms with E-state index in [4.69, 9.17) is 0 Å². The zero-order valence-electron chi connectivity index (χ0n) is 22.1. The van der Waals surface area contributed by atoms with Gasteiger partial charge in [-0.05, 0) is 60.9 Å². The maximum absolute atomic E-state index is 13.6. The molecule has 206 valence electrons. The smallest absolute Gasteiger partial charge is 0.265 e. The number of benzene rings is 3. The molecule has 0 spiro atoms. The Balaban J connectivity index is 1.32. The second kappa shape index (κ2) is 11.3. The van der Waals surface area contributed by atoms with Gasteiger partial charge in [0, 0.05) is 30.9 Å². The Hall–Kier alpha value is -3.46. The van der Waals surface area contributed by atoms with Crippen molar-refractivity contribution < 1.29 is 22.4 Å². The third-order valence-electron chi connectivity index (χ3n) is 7.79. The van der Waals surface area contributed by atoms with Crippen molar-refractivity contribution in [3.8, 4) is 0 Å². The normalized spacial score (nSPS) is 16.9. The van der Waals surface area contributed by atoms with Gasteiger partial charge in [-0.15, -0.1) is 0 Å². The van der Waals surface area contributed by atoms with Crippen molar-refractivity contribution in [3.63, 3.8) is 0 Å². The van der Waals surface area contributed by atoms with Crippen LogP contribution in [0.2, 0.25) is 0 Å². The highest BCUT2D eigenvalue weighted by Gasteiger charge is 2.36. The van der Waals surface area contributed by atoms with E-state index in [1.807, 2.05) is 25.1 Å². The van der Waals surface area contributed by atoms with E-state index < -0.39 is 16.1 Å². The molecule has 2 amide bonds. The first-order valence-electron chi connectivity index (χ1n) is 13.7. The van der Waals surface area contributed by atoms with Gasteiger partial charge in [-0.1, -0.05) is 56.2 Å². The van der Waals surface area contributed by atoms with Crippen LogP contribution >= 0.6 is 0 Å². The van der Waals surface area contributed by atoms with Crippen molar-refractivity contribution in [3.05, 3.63) is 72.0 Å². The third kappa shape index (κ3) is 5.50. The number of nitrogens with zero attached hydrogens (tertiary/aromatic N) is 2. The average molecular weight is 552 g/mol. The minimum absolute atomic E-state index is 0.0761. The summed E-state index contributed by atoms with van der Waals surface area (Å²) in [5.41, 5.74) is 1.35. The van der Waals surface area contributed by atoms with E-state index in [0.29, 0.717) is 23.9 Å². The molecule has 1 N–H and O–H groups in total. The fourth-order valence-corrected chi connectivity index (χ4v) is 7.54. The lowest BCUT2D eigenvalue weighted by Crippen LogP contribution is -2.51. The molecule has 3 aromatic rings. The standard InChI is InChI=1S/C30H34FN3O4S/c1-2-25(30(36)32-24-10-3-4-11-24)33(20-21-15-17-23(31)18-16-21)28(35)14-7-19-34-26-12-5-8-22-9-6-13-27(29(22)26)39(34,37)38/h5-6,8-9,12-13,15-18,24-25H,2-4,7,10-11,14,19-20H2,1H3,(H,32,36). The van der Waals surface area contributed by atoms with Gasteiger partial charge >= 0.3 is 0 Å². The molecule has 1 aliphatic carbocycles. The second-order valence-corrected chi connectivity index (χ2v) is 12.2. The Kier molecular flexibility index (Phi) is 7.88. The van der Waals surface area contributed by atoms with E-state index in [1.165, 1.54) is 16.4 Å². The molecule has 1 atom stereocenters. The summed E-state index contributed by atoms with van der Waals surface area (Å²) in [4.78, 5) is 28.7. The predicted octanol–water partition coefficient (Wildman–Crippen LogP) is 5.13. The van der Waals surface area contributed by atoms with Gasteiger partial charge in [0.25, 0.3) is 10.0 Å². The number of nitrogens with one attached hydrogen (secondary N) is 1. The van der Waals surface area contributed by atoms with E-state index in [0.717, 1.165) is 36.6 Å². The molecule has 2 aliphatic rings. The van der Waals surface area contributed by atoms with Gasteiger partial charge in [-0.2, -0.15) is 0 Å². The van der Waals surface area contributed by atoms with Gasteiger partial charge in [-0.25, -0.2) is 12.8 Å². The van der Waals surface area contributed by atoms with Crippen molar-refractivity contribution in [2.45, 2.75) is 75.4 Å². The molecule has 0 aromatic heterocycles. The molecule has 0 saturated heterocycles. The molecule has 1 saturated carbocycles. The van der Waals surface area contributed by atoms with E-state index in [2.05, 4.69) is 5.32 Å². The molecule has 1 fully saturated rings. The zero-order valence-corrected chi connectivity index (χ0v) is 22.9. The Morgan fingerprint density at radius 3 is 2.44 bits per heavy atom. The van der Waals surface area contributed by atoms with Crippen LogP contribution in [0.25, 0.3) is 10.8 Å². The number of hydrogen-bond donors (Lipinski definition) is 1. The van der Waals surface area contributed by atoms with E-state index >= 15 is 0 Å². The van der Waals surface area contributed by atoms with Gasteiger partial charge in [0.15, 0.2) is 0 Å². The maximum Gasteiger partial charge on any atom is 0.265 e. The van der Waals surface area contributed by atoms with Crippen LogP contribution < -0.4 is 9.62 Å². The first-order chi connectivity index (χ1) is 18.8. The molecule has 1 unspecified atom stereocenters. The van der Waals surface area contributed by atoms with Crippen molar-refractivity contribution >= 4 is 38.3 Å². The molecule has 1 heterocycles. The summed E-state index contributed by atoms with van der Waals surface area (Å²) in [7, 11) is -3.71. The van der Waals surface area contributed by atoms with Crippen LogP contribution in [0, 0.1) is 5.82 Å². The molecule has 1 aliphatic heterocycles. The number of carbonyl (C=O) groups is 2. The molecular formula is C30H34FN3O4S. The van der Waals surface area contributed by atoms with Gasteiger partial charge in [0.05, 0.1) is 10.6 Å². The Morgan fingerprint density at radius 2 is 1.74 bits per heavy atom. The van der Waals surface area contributed by atoms with Gasteiger partial charge < -0.3 is 10.2 Å². The minimum Gasteiger partial charge on any atom is -0.352 e. The van der Waals surface area contributed by atoms with E-state index in [-0.39, 0.29) is 48.1 Å². The Morgan fingerprint density at radius 1 is 1.05 bits per heavy atom. The first-order valence-corrected chi connectivity index (χ1v) is 15.1. The van der Waals surface area contributed by atoms with Crippen LogP contribution in [0.4, 0.5) is 10.1 Å². The van der Waals surface area contributed by atoms with Crippen molar-refractivity contribution in [2.75, 3.05) is 10.8 Å². The van der Waals surface area contributed by atoms with Crippen LogP contribution in [-0.2, 0) is 26.2 Å². The minimum atomic E-state index is -3.71. The quantitative estimate of drug-likeness (QED) is 0.378. The fraction of sp³-hybridized carbons (Fsp3) is 0.400. The van der Waals surface area contributed by atoms with Gasteiger partial charge in [0.1, 0.15) is 11.9 Å². The zero-order chi connectivity index (χ0) is 27.6. The number of rotatable bonds is 10. The number of carbonyl (C=O) groups excluding carboxylic acids is 2. The van der Waals surface area contributed by atoms with Gasteiger partial charge in [0.2, 0.25) is 11.8 Å².